The van der Waals surface area contributed by atoms with Crippen molar-refractivity contribution in [3.63, 3.8) is 0 Å². The van der Waals surface area contributed by atoms with E-state index in [2.05, 4.69) is 15.9 Å². The van der Waals surface area contributed by atoms with Gasteiger partial charge in [0, 0.05) is 28.7 Å². The van der Waals surface area contributed by atoms with Crippen LogP contribution in [0, 0.1) is 12.3 Å². The van der Waals surface area contributed by atoms with Gasteiger partial charge in [0.1, 0.15) is 5.84 Å². The van der Waals surface area contributed by atoms with Crippen LogP contribution < -0.4 is 0 Å². The maximum Gasteiger partial charge on any atom is 0.128 e. The van der Waals surface area contributed by atoms with Crippen molar-refractivity contribution in [2.45, 2.75) is 13.8 Å². The molecule has 1 aromatic rings. The van der Waals surface area contributed by atoms with E-state index >= 15 is 0 Å². The third-order valence-electron chi connectivity index (χ3n) is 2.42. The van der Waals surface area contributed by atoms with E-state index in [-0.39, 0.29) is 0 Å². The predicted molar refractivity (Wildman–Crippen MR) is 69.0 cm³/mol. The van der Waals surface area contributed by atoms with E-state index in [9.17, 15) is 0 Å². The highest BCUT2D eigenvalue weighted by molar-refractivity contribution is 9.10. The Morgan fingerprint density at radius 2 is 2.13 bits per heavy atom. The molecule has 0 atom stereocenters. The average Bonchev–Trinajstić information content (AvgIpc) is 2.21. The minimum Gasteiger partial charge on any atom is -0.360 e. The van der Waals surface area contributed by atoms with Gasteiger partial charge in [-0.1, -0.05) is 27.5 Å². The van der Waals surface area contributed by atoms with Gasteiger partial charge < -0.3 is 4.90 Å². The molecule has 0 aliphatic carbocycles. The Morgan fingerprint density at radius 1 is 1.53 bits per heavy atom. The van der Waals surface area contributed by atoms with Crippen molar-refractivity contribution in [2.24, 2.45) is 0 Å². The lowest BCUT2D eigenvalue weighted by atomic mass is 10.1. The van der Waals surface area contributed by atoms with Crippen LogP contribution >= 0.6 is 27.5 Å². The highest BCUT2D eigenvalue weighted by Crippen LogP contribution is 2.25. The molecule has 1 rings (SSSR count). The molecular formula is C11H14BrClN2. The van der Waals surface area contributed by atoms with Gasteiger partial charge in [-0.3, -0.25) is 5.41 Å². The van der Waals surface area contributed by atoms with Gasteiger partial charge >= 0.3 is 0 Å². The van der Waals surface area contributed by atoms with Gasteiger partial charge in [0.25, 0.3) is 0 Å². The first-order valence-electron chi connectivity index (χ1n) is 4.73. The normalized spacial score (nSPS) is 10.2. The van der Waals surface area contributed by atoms with Gasteiger partial charge in [-0.15, -0.1) is 0 Å². The Bertz CT molecular complexity index is 390. The summed E-state index contributed by atoms with van der Waals surface area (Å²) in [5.74, 6) is 0.498. The van der Waals surface area contributed by atoms with Gasteiger partial charge in [0.15, 0.2) is 0 Å². The highest BCUT2D eigenvalue weighted by Gasteiger charge is 2.11. The number of halogens is 2. The number of hydrogen-bond donors (Lipinski definition) is 1. The maximum absolute atomic E-state index is 8.02. The second-order valence-corrected chi connectivity index (χ2v) is 4.71. The Balaban J connectivity index is 3.19. The smallest absolute Gasteiger partial charge is 0.128 e. The number of rotatable bonds is 2. The molecule has 15 heavy (non-hydrogen) atoms. The number of nitrogens with one attached hydrogen (secondary N) is 1. The van der Waals surface area contributed by atoms with Crippen LogP contribution in [0.5, 0.6) is 0 Å². The van der Waals surface area contributed by atoms with E-state index in [0.29, 0.717) is 10.9 Å². The fraction of sp³-hybridized carbons (Fsp3) is 0.364. The summed E-state index contributed by atoms with van der Waals surface area (Å²) in [5, 5.41) is 8.67. The minimum absolute atomic E-state index is 0.498. The lowest BCUT2D eigenvalue weighted by molar-refractivity contribution is 0.532. The fourth-order valence-corrected chi connectivity index (χ4v) is 2.07. The largest absolute Gasteiger partial charge is 0.360 e. The van der Waals surface area contributed by atoms with Crippen molar-refractivity contribution in [1.82, 2.24) is 4.90 Å². The van der Waals surface area contributed by atoms with Crippen LogP contribution in [0.4, 0.5) is 0 Å². The van der Waals surface area contributed by atoms with E-state index in [0.717, 1.165) is 22.1 Å². The van der Waals surface area contributed by atoms with Crippen LogP contribution in [-0.4, -0.2) is 24.3 Å². The molecule has 2 nitrogen and oxygen atoms in total. The molecule has 0 heterocycles. The van der Waals surface area contributed by atoms with Crippen molar-refractivity contribution >= 4 is 33.4 Å². The molecule has 0 saturated carbocycles. The zero-order chi connectivity index (χ0) is 11.6. The third kappa shape index (κ3) is 2.73. The molecule has 0 saturated heterocycles. The van der Waals surface area contributed by atoms with Gasteiger partial charge in [-0.2, -0.15) is 0 Å². The van der Waals surface area contributed by atoms with Gasteiger partial charge in [0.2, 0.25) is 0 Å². The van der Waals surface area contributed by atoms with Crippen LogP contribution in [0.1, 0.15) is 18.1 Å². The van der Waals surface area contributed by atoms with Crippen LogP contribution in [0.2, 0.25) is 5.02 Å². The quantitative estimate of drug-likeness (QED) is 0.652. The SMILES string of the molecule is CCN(C)C(=N)c1cc(Cl)cc(Br)c1C. The van der Waals surface area contributed by atoms with E-state index in [1.165, 1.54) is 0 Å². The van der Waals surface area contributed by atoms with E-state index in [1.54, 1.807) is 0 Å². The standard InChI is InChI=1S/C11H14BrClN2/c1-4-15(3)11(14)9-5-8(13)6-10(12)7(9)2/h5-6,14H,4H2,1-3H3. The molecule has 1 aromatic carbocycles. The second-order valence-electron chi connectivity index (χ2n) is 3.42. The average molecular weight is 290 g/mol. The number of nitrogens with zero attached hydrogens (tertiary/aromatic N) is 1. The third-order valence-corrected chi connectivity index (χ3v) is 3.46. The highest BCUT2D eigenvalue weighted by atomic mass is 79.9. The summed E-state index contributed by atoms with van der Waals surface area (Å²) >= 11 is 9.41. The number of hydrogen-bond acceptors (Lipinski definition) is 1. The molecule has 0 spiro atoms. The summed E-state index contributed by atoms with van der Waals surface area (Å²) in [4.78, 5) is 1.88. The Morgan fingerprint density at radius 3 is 2.67 bits per heavy atom. The number of amidine groups is 1. The summed E-state index contributed by atoms with van der Waals surface area (Å²) < 4.78 is 0.944. The first-order valence-corrected chi connectivity index (χ1v) is 5.90. The molecule has 0 fully saturated rings. The Labute approximate surface area is 104 Å². The molecule has 82 valence electrons. The molecule has 0 aliphatic heterocycles. The van der Waals surface area contributed by atoms with Crippen molar-refractivity contribution in [3.05, 3.63) is 32.8 Å². The molecule has 0 aliphatic rings. The molecule has 1 N–H and O–H groups in total. The maximum atomic E-state index is 8.02. The van der Waals surface area contributed by atoms with Crippen molar-refractivity contribution in [3.8, 4) is 0 Å². The summed E-state index contributed by atoms with van der Waals surface area (Å²) in [5.41, 5.74) is 1.92. The first-order chi connectivity index (χ1) is 6.97. The minimum atomic E-state index is 0.498. The monoisotopic (exact) mass is 288 g/mol. The Hall–Kier alpha value is -0.540. The van der Waals surface area contributed by atoms with Crippen LogP contribution in [0.25, 0.3) is 0 Å². The summed E-state index contributed by atoms with van der Waals surface area (Å²) in [6, 6.07) is 3.68. The number of benzene rings is 1. The summed E-state index contributed by atoms with van der Waals surface area (Å²) in [6.45, 7) is 4.81. The fourth-order valence-electron chi connectivity index (χ4n) is 1.26. The van der Waals surface area contributed by atoms with Crippen LogP contribution in [0.15, 0.2) is 16.6 Å². The molecule has 0 amide bonds. The van der Waals surface area contributed by atoms with E-state index in [4.69, 9.17) is 17.0 Å². The molecule has 0 bridgehead atoms. The Kier molecular flexibility index (Phi) is 4.17. The predicted octanol–water partition coefficient (Wildman–Crippen LogP) is 3.69. The molecule has 4 heteroatoms. The molecule has 0 aromatic heterocycles. The van der Waals surface area contributed by atoms with Gasteiger partial charge in [-0.05, 0) is 31.5 Å². The molecule has 0 unspecified atom stereocenters. The van der Waals surface area contributed by atoms with Crippen molar-refractivity contribution in [1.29, 1.82) is 5.41 Å². The summed E-state index contributed by atoms with van der Waals surface area (Å²) in [7, 11) is 1.90. The zero-order valence-corrected chi connectivity index (χ0v) is 11.4. The van der Waals surface area contributed by atoms with Crippen LogP contribution in [-0.2, 0) is 0 Å². The van der Waals surface area contributed by atoms with Gasteiger partial charge in [0.05, 0.1) is 0 Å². The first kappa shape index (κ1) is 12.5. The summed E-state index contributed by atoms with van der Waals surface area (Å²) in [6.07, 6.45) is 0. The lowest BCUT2D eigenvalue weighted by Crippen LogP contribution is -2.27. The van der Waals surface area contributed by atoms with E-state index in [1.807, 2.05) is 37.9 Å². The van der Waals surface area contributed by atoms with Crippen LogP contribution in [0.3, 0.4) is 0 Å². The van der Waals surface area contributed by atoms with E-state index < -0.39 is 0 Å². The van der Waals surface area contributed by atoms with Crippen molar-refractivity contribution < 1.29 is 0 Å². The van der Waals surface area contributed by atoms with Crippen molar-refractivity contribution in [2.75, 3.05) is 13.6 Å². The lowest BCUT2D eigenvalue weighted by Gasteiger charge is -2.20. The molecular weight excluding hydrogens is 275 g/mol. The van der Waals surface area contributed by atoms with Gasteiger partial charge in [-0.25, -0.2) is 0 Å². The molecule has 0 radical (unpaired) electrons. The zero-order valence-electron chi connectivity index (χ0n) is 9.06. The topological polar surface area (TPSA) is 27.1 Å². The second kappa shape index (κ2) is 4.99.